The Morgan fingerprint density at radius 3 is 2.44 bits per heavy atom. The van der Waals surface area contributed by atoms with Crippen LogP contribution < -0.4 is 5.32 Å². The molecule has 4 heteroatoms. The van der Waals surface area contributed by atoms with Gasteiger partial charge in [-0.2, -0.15) is 0 Å². The van der Waals surface area contributed by atoms with E-state index in [0.29, 0.717) is 6.04 Å². The zero-order valence-electron chi connectivity index (χ0n) is 11.1. The maximum Gasteiger partial charge on any atom is 0.0363 e. The summed E-state index contributed by atoms with van der Waals surface area (Å²) in [6, 6.07) is 0.545. The zero-order chi connectivity index (χ0) is 12.2. The zero-order valence-corrected chi connectivity index (χ0v) is 11.9. The Bertz CT molecular complexity index is 233. The Balaban J connectivity index is 2.29. The lowest BCUT2D eigenvalue weighted by molar-refractivity contribution is 0.207. The molecule has 1 N–H and O–H groups in total. The van der Waals surface area contributed by atoms with E-state index in [4.69, 9.17) is 0 Å². The maximum absolute atomic E-state index is 11.3. The average Bonchev–Trinajstić information content (AvgIpc) is 2.27. The first-order valence-corrected chi connectivity index (χ1v) is 7.77. The van der Waals surface area contributed by atoms with Gasteiger partial charge in [0, 0.05) is 53.5 Å². The second-order valence-electron chi connectivity index (χ2n) is 5.35. The van der Waals surface area contributed by atoms with Gasteiger partial charge in [0.1, 0.15) is 0 Å². The van der Waals surface area contributed by atoms with Gasteiger partial charge in [0.05, 0.1) is 0 Å². The normalized spacial score (nSPS) is 22.2. The van der Waals surface area contributed by atoms with Crippen LogP contribution in [0.3, 0.4) is 0 Å². The average molecular weight is 246 g/mol. The quantitative estimate of drug-likeness (QED) is 0.791. The summed E-state index contributed by atoms with van der Waals surface area (Å²) in [6.07, 6.45) is 1.14. The van der Waals surface area contributed by atoms with Crippen molar-refractivity contribution in [3.05, 3.63) is 0 Å². The topological polar surface area (TPSA) is 32.3 Å². The fraction of sp³-hybridized carbons (Fsp3) is 1.00. The molecule has 16 heavy (non-hydrogen) atoms. The summed E-state index contributed by atoms with van der Waals surface area (Å²) < 4.78 is 11.3. The smallest absolute Gasteiger partial charge is 0.0363 e. The molecule has 0 amide bonds. The first-order valence-electron chi connectivity index (χ1n) is 6.28. The van der Waals surface area contributed by atoms with Gasteiger partial charge in [-0.1, -0.05) is 6.92 Å². The van der Waals surface area contributed by atoms with Gasteiger partial charge in [-0.15, -0.1) is 0 Å². The van der Waals surface area contributed by atoms with E-state index in [9.17, 15) is 4.21 Å². The second kappa shape index (κ2) is 6.12. The molecule has 1 heterocycles. The molecule has 1 atom stereocenters. The monoisotopic (exact) mass is 246 g/mol. The maximum atomic E-state index is 11.3. The van der Waals surface area contributed by atoms with Crippen LogP contribution in [0.25, 0.3) is 0 Å². The van der Waals surface area contributed by atoms with Crippen molar-refractivity contribution in [3.8, 4) is 0 Å². The van der Waals surface area contributed by atoms with Gasteiger partial charge in [0.25, 0.3) is 0 Å². The van der Waals surface area contributed by atoms with E-state index in [1.807, 2.05) is 0 Å². The first kappa shape index (κ1) is 14.1. The third kappa shape index (κ3) is 4.52. The van der Waals surface area contributed by atoms with Gasteiger partial charge in [-0.05, 0) is 27.2 Å². The lowest BCUT2D eigenvalue weighted by Gasteiger charge is -2.34. The molecule has 0 aliphatic carbocycles. The Labute approximate surface area is 102 Å². The van der Waals surface area contributed by atoms with Crippen LogP contribution in [0.5, 0.6) is 0 Å². The number of hydrogen-bond donors (Lipinski definition) is 1. The summed E-state index contributed by atoms with van der Waals surface area (Å²) in [5.74, 6) is 1.70. The van der Waals surface area contributed by atoms with E-state index in [2.05, 4.69) is 37.9 Å². The summed E-state index contributed by atoms with van der Waals surface area (Å²) in [5, 5.41) is 3.60. The predicted octanol–water partition coefficient (Wildman–Crippen LogP) is 1.22. The van der Waals surface area contributed by atoms with E-state index in [1.54, 1.807) is 0 Å². The Morgan fingerprint density at radius 1 is 1.38 bits per heavy atom. The van der Waals surface area contributed by atoms with Gasteiger partial charge in [0.15, 0.2) is 0 Å². The molecule has 0 radical (unpaired) electrons. The summed E-state index contributed by atoms with van der Waals surface area (Å²) in [5.41, 5.74) is 0.229. The Morgan fingerprint density at radius 2 is 1.94 bits per heavy atom. The first-order chi connectivity index (χ1) is 7.44. The Hall–Kier alpha value is 0.0700. The van der Waals surface area contributed by atoms with Crippen molar-refractivity contribution >= 4 is 10.8 Å². The Kier molecular flexibility index (Phi) is 5.41. The fourth-order valence-electron chi connectivity index (χ4n) is 1.77. The van der Waals surface area contributed by atoms with E-state index in [1.165, 1.54) is 0 Å². The minimum Gasteiger partial charge on any atom is -0.310 e. The van der Waals surface area contributed by atoms with Crippen LogP contribution in [0.4, 0.5) is 0 Å². The largest absolute Gasteiger partial charge is 0.310 e. The molecule has 1 aliphatic heterocycles. The fourth-order valence-corrected chi connectivity index (χ4v) is 2.85. The van der Waals surface area contributed by atoms with Crippen molar-refractivity contribution in [2.45, 2.75) is 45.7 Å². The van der Waals surface area contributed by atoms with E-state index in [0.717, 1.165) is 37.6 Å². The van der Waals surface area contributed by atoms with Gasteiger partial charge >= 0.3 is 0 Å². The molecule has 0 aromatic carbocycles. The van der Waals surface area contributed by atoms with Crippen molar-refractivity contribution in [2.75, 3.05) is 31.1 Å². The van der Waals surface area contributed by atoms with E-state index in [-0.39, 0.29) is 5.54 Å². The lowest BCUT2D eigenvalue weighted by atomic mass is 10.0. The summed E-state index contributed by atoms with van der Waals surface area (Å²) in [7, 11) is -0.562. The summed E-state index contributed by atoms with van der Waals surface area (Å²) in [4.78, 5) is 2.44. The SMILES string of the molecule is CCC(C)(C)NCC(C)N1CCS(=O)CC1. The van der Waals surface area contributed by atoms with Crippen LogP contribution >= 0.6 is 0 Å². The second-order valence-corrected chi connectivity index (χ2v) is 7.05. The highest BCUT2D eigenvalue weighted by Gasteiger charge is 2.22. The van der Waals surface area contributed by atoms with Crippen LogP contribution in [0.2, 0.25) is 0 Å². The van der Waals surface area contributed by atoms with Gasteiger partial charge in [-0.3, -0.25) is 9.11 Å². The third-order valence-electron chi connectivity index (χ3n) is 3.60. The molecule has 1 fully saturated rings. The highest BCUT2D eigenvalue weighted by atomic mass is 32.2. The van der Waals surface area contributed by atoms with Crippen molar-refractivity contribution in [1.82, 2.24) is 10.2 Å². The van der Waals surface area contributed by atoms with Crippen molar-refractivity contribution in [3.63, 3.8) is 0 Å². The molecule has 0 spiro atoms. The molecule has 1 unspecified atom stereocenters. The molecular weight excluding hydrogens is 220 g/mol. The highest BCUT2D eigenvalue weighted by Crippen LogP contribution is 2.09. The van der Waals surface area contributed by atoms with Crippen LogP contribution in [0, 0.1) is 0 Å². The molecule has 0 saturated carbocycles. The molecule has 3 nitrogen and oxygen atoms in total. The molecule has 1 aliphatic rings. The molecular formula is C12H26N2OS. The molecule has 1 rings (SSSR count). The molecule has 96 valence electrons. The van der Waals surface area contributed by atoms with E-state index >= 15 is 0 Å². The van der Waals surface area contributed by atoms with Crippen molar-refractivity contribution < 1.29 is 4.21 Å². The number of rotatable bonds is 5. The number of nitrogens with zero attached hydrogens (tertiary/aromatic N) is 1. The van der Waals surface area contributed by atoms with Crippen LogP contribution in [-0.4, -0.2) is 51.8 Å². The molecule has 0 aromatic rings. The van der Waals surface area contributed by atoms with Gasteiger partial charge in [0.2, 0.25) is 0 Å². The molecule has 1 saturated heterocycles. The van der Waals surface area contributed by atoms with Crippen molar-refractivity contribution in [2.24, 2.45) is 0 Å². The molecule has 0 bridgehead atoms. The minimum absolute atomic E-state index is 0.229. The van der Waals surface area contributed by atoms with Gasteiger partial charge in [-0.25, -0.2) is 0 Å². The van der Waals surface area contributed by atoms with Crippen LogP contribution in [-0.2, 0) is 10.8 Å². The van der Waals surface area contributed by atoms with E-state index < -0.39 is 10.8 Å². The third-order valence-corrected chi connectivity index (χ3v) is 4.87. The molecule has 0 aromatic heterocycles. The van der Waals surface area contributed by atoms with Crippen LogP contribution in [0.15, 0.2) is 0 Å². The van der Waals surface area contributed by atoms with Crippen molar-refractivity contribution in [1.29, 1.82) is 0 Å². The predicted molar refractivity (Wildman–Crippen MR) is 71.3 cm³/mol. The minimum atomic E-state index is -0.562. The van der Waals surface area contributed by atoms with Gasteiger partial charge < -0.3 is 5.32 Å². The lowest BCUT2D eigenvalue weighted by Crippen LogP contribution is -2.50. The number of nitrogens with one attached hydrogen (secondary N) is 1. The standard InChI is InChI=1S/C12H26N2OS/c1-5-12(3,4)13-10-11(2)14-6-8-16(15)9-7-14/h11,13H,5-10H2,1-4H3. The number of hydrogen-bond acceptors (Lipinski definition) is 3. The highest BCUT2D eigenvalue weighted by molar-refractivity contribution is 7.85. The van der Waals surface area contributed by atoms with Crippen LogP contribution in [0.1, 0.15) is 34.1 Å². The summed E-state index contributed by atoms with van der Waals surface area (Å²) >= 11 is 0. The summed E-state index contributed by atoms with van der Waals surface area (Å²) in [6.45, 7) is 11.9.